The van der Waals surface area contributed by atoms with Gasteiger partial charge in [-0.2, -0.15) is 0 Å². The first kappa shape index (κ1) is 11.6. The summed E-state index contributed by atoms with van der Waals surface area (Å²) in [5.41, 5.74) is 0.0581. The van der Waals surface area contributed by atoms with Gasteiger partial charge in [0.05, 0.1) is 18.8 Å². The molecule has 3 saturated heterocycles. The lowest BCUT2D eigenvalue weighted by molar-refractivity contribution is -0.124. The maximum absolute atomic E-state index is 6.00. The van der Waals surface area contributed by atoms with Gasteiger partial charge in [0.25, 0.3) is 0 Å². The number of rotatable bonds is 1. The van der Waals surface area contributed by atoms with Crippen molar-refractivity contribution in [1.82, 2.24) is 4.90 Å². The van der Waals surface area contributed by atoms with Crippen LogP contribution >= 0.6 is 12.4 Å². The molecule has 2 atom stereocenters. The van der Waals surface area contributed by atoms with Crippen LogP contribution in [-0.2, 0) is 9.47 Å². The van der Waals surface area contributed by atoms with Gasteiger partial charge in [-0.1, -0.05) is 6.92 Å². The molecule has 3 nitrogen and oxygen atoms in total. The molecule has 0 aromatic carbocycles. The minimum Gasteiger partial charge on any atom is -0.359 e. The van der Waals surface area contributed by atoms with E-state index in [2.05, 4.69) is 25.7 Å². The fourth-order valence-electron chi connectivity index (χ4n) is 3.58. The lowest BCUT2D eigenvalue weighted by Gasteiger charge is -2.37. The van der Waals surface area contributed by atoms with Gasteiger partial charge < -0.3 is 9.47 Å². The van der Waals surface area contributed by atoms with Gasteiger partial charge in [0.15, 0.2) is 0 Å². The lowest BCUT2D eigenvalue weighted by atomic mass is 9.97. The van der Waals surface area contributed by atoms with Gasteiger partial charge >= 0.3 is 0 Å². The predicted octanol–water partition coefficient (Wildman–Crippen LogP) is 2.15. The highest BCUT2D eigenvalue weighted by Gasteiger charge is 2.68. The van der Waals surface area contributed by atoms with E-state index in [1.807, 2.05) is 0 Å². The fourth-order valence-corrected chi connectivity index (χ4v) is 3.58. The Balaban J connectivity index is 0.000000853. The Morgan fingerprint density at radius 3 is 1.93 bits per heavy atom. The summed E-state index contributed by atoms with van der Waals surface area (Å²) in [4.78, 5) is 2.51. The number of ether oxygens (including phenoxy) is 2. The van der Waals surface area contributed by atoms with Gasteiger partial charge in [-0.05, 0) is 33.1 Å². The van der Waals surface area contributed by atoms with E-state index in [0.29, 0.717) is 0 Å². The average molecular weight is 234 g/mol. The van der Waals surface area contributed by atoms with Crippen LogP contribution in [0.1, 0.15) is 40.0 Å². The molecule has 88 valence electrons. The molecule has 0 bridgehead atoms. The van der Waals surface area contributed by atoms with Gasteiger partial charge in [-0.15, -0.1) is 12.4 Å². The van der Waals surface area contributed by atoms with Gasteiger partial charge in [-0.3, -0.25) is 0 Å². The van der Waals surface area contributed by atoms with Crippen molar-refractivity contribution >= 4 is 12.4 Å². The highest BCUT2D eigenvalue weighted by molar-refractivity contribution is 5.85. The van der Waals surface area contributed by atoms with E-state index in [0.717, 1.165) is 32.5 Å². The highest BCUT2D eigenvalue weighted by atomic mass is 35.5. The largest absolute Gasteiger partial charge is 0.359 e. The van der Waals surface area contributed by atoms with Crippen molar-refractivity contribution in [2.45, 2.75) is 57.0 Å². The Labute approximate surface area is 97.5 Å². The molecule has 0 aromatic rings. The number of hydrogen-bond acceptors (Lipinski definition) is 3. The van der Waals surface area contributed by atoms with Crippen molar-refractivity contribution in [1.29, 1.82) is 0 Å². The third kappa shape index (κ3) is 1.18. The van der Waals surface area contributed by atoms with Crippen LogP contribution in [0.3, 0.4) is 0 Å². The van der Waals surface area contributed by atoms with E-state index in [4.69, 9.17) is 9.47 Å². The SMILES string of the molecule is CCC12COC3(C)CCC(C)(OC1)N23.Cl. The van der Waals surface area contributed by atoms with Crippen molar-refractivity contribution in [3.63, 3.8) is 0 Å². The number of hydrogen-bond donors (Lipinski definition) is 0. The molecular weight excluding hydrogens is 214 g/mol. The maximum Gasteiger partial charge on any atom is 0.121 e. The molecule has 0 saturated carbocycles. The van der Waals surface area contributed by atoms with Gasteiger partial charge in [0, 0.05) is 0 Å². The maximum atomic E-state index is 6.00. The summed E-state index contributed by atoms with van der Waals surface area (Å²) < 4.78 is 12.0. The second-order valence-electron chi connectivity index (χ2n) is 5.34. The van der Waals surface area contributed by atoms with Crippen LogP contribution in [0.4, 0.5) is 0 Å². The van der Waals surface area contributed by atoms with Crippen molar-refractivity contribution in [3.05, 3.63) is 0 Å². The second-order valence-corrected chi connectivity index (χ2v) is 5.34. The van der Waals surface area contributed by atoms with Crippen molar-refractivity contribution in [3.8, 4) is 0 Å². The highest BCUT2D eigenvalue weighted by Crippen LogP contribution is 2.56. The monoisotopic (exact) mass is 233 g/mol. The zero-order chi connectivity index (χ0) is 10.0. The Kier molecular flexibility index (Phi) is 2.41. The van der Waals surface area contributed by atoms with E-state index in [1.54, 1.807) is 0 Å². The molecule has 4 heteroatoms. The molecule has 3 fully saturated rings. The zero-order valence-corrected chi connectivity index (χ0v) is 10.5. The van der Waals surface area contributed by atoms with Crippen LogP contribution in [-0.4, -0.2) is 35.1 Å². The van der Waals surface area contributed by atoms with Gasteiger partial charge in [-0.25, -0.2) is 4.90 Å². The van der Waals surface area contributed by atoms with Crippen LogP contribution in [0.2, 0.25) is 0 Å². The molecule has 0 aromatic heterocycles. The molecule has 0 aliphatic carbocycles. The fraction of sp³-hybridized carbons (Fsp3) is 1.00. The van der Waals surface area contributed by atoms with E-state index < -0.39 is 0 Å². The van der Waals surface area contributed by atoms with E-state index >= 15 is 0 Å². The summed E-state index contributed by atoms with van der Waals surface area (Å²) in [6.45, 7) is 8.35. The van der Waals surface area contributed by atoms with Crippen LogP contribution < -0.4 is 0 Å². The first-order valence-electron chi connectivity index (χ1n) is 5.63. The molecule has 15 heavy (non-hydrogen) atoms. The summed E-state index contributed by atoms with van der Waals surface area (Å²) in [6, 6.07) is 0. The summed E-state index contributed by atoms with van der Waals surface area (Å²) in [7, 11) is 0. The summed E-state index contributed by atoms with van der Waals surface area (Å²) >= 11 is 0. The van der Waals surface area contributed by atoms with Gasteiger partial charge in [0.2, 0.25) is 0 Å². The van der Waals surface area contributed by atoms with Crippen molar-refractivity contribution < 1.29 is 9.47 Å². The first-order chi connectivity index (χ1) is 6.55. The molecular formula is C11H20ClNO2. The normalized spacial score (nSPS) is 53.0. The molecule has 3 aliphatic rings. The van der Waals surface area contributed by atoms with Crippen LogP contribution in [0.25, 0.3) is 0 Å². The first-order valence-corrected chi connectivity index (χ1v) is 5.63. The Hall–Kier alpha value is 0.170. The number of nitrogens with zero attached hydrogens (tertiary/aromatic N) is 1. The zero-order valence-electron chi connectivity index (χ0n) is 9.71. The Bertz CT molecular complexity index is 264. The molecule has 0 spiro atoms. The van der Waals surface area contributed by atoms with E-state index in [-0.39, 0.29) is 29.4 Å². The van der Waals surface area contributed by atoms with Crippen LogP contribution in [0, 0.1) is 0 Å². The third-order valence-electron chi connectivity index (χ3n) is 4.43. The molecule has 0 radical (unpaired) electrons. The van der Waals surface area contributed by atoms with Crippen molar-refractivity contribution in [2.75, 3.05) is 13.2 Å². The second kappa shape index (κ2) is 3.10. The molecule has 3 rings (SSSR count). The molecule has 3 heterocycles. The quantitative estimate of drug-likeness (QED) is 0.693. The molecule has 0 N–H and O–H groups in total. The molecule has 3 aliphatic heterocycles. The average Bonchev–Trinajstić information content (AvgIpc) is 2.72. The smallest absolute Gasteiger partial charge is 0.121 e. The van der Waals surface area contributed by atoms with Crippen LogP contribution in [0.5, 0.6) is 0 Å². The van der Waals surface area contributed by atoms with E-state index in [1.165, 1.54) is 0 Å². The third-order valence-corrected chi connectivity index (χ3v) is 4.43. The minimum absolute atomic E-state index is 0. The number of halogens is 1. The molecule has 0 amide bonds. The predicted molar refractivity (Wildman–Crippen MR) is 60.1 cm³/mol. The summed E-state index contributed by atoms with van der Waals surface area (Å²) in [5, 5.41) is 0. The summed E-state index contributed by atoms with van der Waals surface area (Å²) in [5.74, 6) is 0. The molecule has 2 unspecified atom stereocenters. The van der Waals surface area contributed by atoms with E-state index in [9.17, 15) is 0 Å². The summed E-state index contributed by atoms with van der Waals surface area (Å²) in [6.07, 6.45) is 3.33. The Morgan fingerprint density at radius 2 is 1.53 bits per heavy atom. The van der Waals surface area contributed by atoms with Gasteiger partial charge in [0.1, 0.15) is 11.4 Å². The topological polar surface area (TPSA) is 21.7 Å². The van der Waals surface area contributed by atoms with Crippen molar-refractivity contribution in [2.24, 2.45) is 0 Å². The lowest BCUT2D eigenvalue weighted by Crippen LogP contribution is -2.53. The standard InChI is InChI=1S/C11H19NO2.ClH/c1-4-11-7-13-9(2)5-6-10(3,12(9)11)14-8-11;/h4-8H2,1-3H3;1H. The van der Waals surface area contributed by atoms with Crippen LogP contribution in [0.15, 0.2) is 0 Å². The Morgan fingerprint density at radius 1 is 1.07 bits per heavy atom. The minimum atomic E-state index is -0.0543.